The third-order valence-corrected chi connectivity index (χ3v) is 5.33. The number of hydrogen-bond donors (Lipinski definition) is 1. The Labute approximate surface area is 162 Å². The average Bonchev–Trinajstić information content (AvgIpc) is 2.71. The van der Waals surface area contributed by atoms with Gasteiger partial charge in [0.25, 0.3) is 5.69 Å². The third kappa shape index (κ3) is 2.79. The third-order valence-electron chi connectivity index (χ3n) is 5.33. The predicted molar refractivity (Wildman–Crippen MR) is 104 cm³/mol. The van der Waals surface area contributed by atoms with Gasteiger partial charge in [-0.15, -0.1) is 0 Å². The molecule has 0 amide bonds. The molecule has 1 atom stereocenters. The smallest absolute Gasteiger partial charge is 0.273 e. The molecule has 0 saturated heterocycles. The van der Waals surface area contributed by atoms with Gasteiger partial charge in [0, 0.05) is 52.7 Å². The Balaban J connectivity index is 2.04. The summed E-state index contributed by atoms with van der Waals surface area (Å²) in [5.74, 6) is 0.576. The number of hydrogen-bond acceptors (Lipinski definition) is 6. The molecule has 0 bridgehead atoms. The maximum Gasteiger partial charge on any atom is 0.273 e. The molecule has 2 aromatic carbocycles. The first kappa shape index (κ1) is 18.0. The number of allylic oxidation sites excluding steroid dienone is 2. The van der Waals surface area contributed by atoms with E-state index in [9.17, 15) is 14.9 Å². The summed E-state index contributed by atoms with van der Waals surface area (Å²) in [6.07, 6.45) is 1.91. The molecule has 2 aromatic rings. The molecule has 1 aliphatic heterocycles. The first-order valence-electron chi connectivity index (χ1n) is 9.07. The maximum absolute atomic E-state index is 12.9. The van der Waals surface area contributed by atoms with Gasteiger partial charge < -0.3 is 14.8 Å². The highest BCUT2D eigenvalue weighted by Crippen LogP contribution is 2.51. The number of fused-ring (bicyclic) bond motifs is 1. The second-order valence-electron chi connectivity index (χ2n) is 6.83. The molecule has 0 spiro atoms. The number of nitrogens with zero attached hydrogens (tertiary/aromatic N) is 1. The van der Waals surface area contributed by atoms with Crippen molar-refractivity contribution in [1.29, 1.82) is 0 Å². The number of nitro benzene ring substituents is 1. The Bertz CT molecular complexity index is 1010. The fraction of sp³-hybridized carbons (Fsp3) is 0.286. The average molecular weight is 380 g/mol. The van der Waals surface area contributed by atoms with Crippen LogP contribution < -0.4 is 14.8 Å². The Morgan fingerprint density at radius 1 is 1.14 bits per heavy atom. The zero-order valence-electron chi connectivity index (χ0n) is 15.7. The van der Waals surface area contributed by atoms with Crippen molar-refractivity contribution in [3.63, 3.8) is 0 Å². The number of carbonyl (C=O) groups excluding carboxylic acids is 1. The zero-order chi connectivity index (χ0) is 19.8. The van der Waals surface area contributed by atoms with Gasteiger partial charge >= 0.3 is 0 Å². The molecule has 1 N–H and O–H groups in total. The van der Waals surface area contributed by atoms with E-state index in [1.54, 1.807) is 31.4 Å². The summed E-state index contributed by atoms with van der Waals surface area (Å²) in [4.78, 5) is 24.2. The van der Waals surface area contributed by atoms with Crippen LogP contribution >= 0.6 is 0 Å². The highest BCUT2D eigenvalue weighted by Gasteiger charge is 2.40. The molecule has 1 heterocycles. The van der Waals surface area contributed by atoms with Gasteiger partial charge in [0.1, 0.15) is 11.5 Å². The lowest BCUT2D eigenvalue weighted by Crippen LogP contribution is -2.27. The first-order chi connectivity index (χ1) is 13.5. The lowest BCUT2D eigenvalue weighted by atomic mass is 9.74. The number of nitrogens with one attached hydrogen (secondary N) is 1. The Hall–Kier alpha value is -3.35. The second kappa shape index (κ2) is 6.99. The minimum atomic E-state index is -0.568. The Morgan fingerprint density at radius 3 is 2.64 bits per heavy atom. The molecule has 4 rings (SSSR count). The van der Waals surface area contributed by atoms with Crippen LogP contribution in [0.2, 0.25) is 0 Å². The van der Waals surface area contributed by atoms with Crippen LogP contribution in [0.15, 0.2) is 47.7 Å². The number of ether oxygens (including phenoxy) is 2. The van der Waals surface area contributed by atoms with E-state index in [1.807, 2.05) is 6.07 Å². The molecule has 7 heteroatoms. The van der Waals surface area contributed by atoms with Gasteiger partial charge in [-0.3, -0.25) is 14.9 Å². The van der Waals surface area contributed by atoms with Gasteiger partial charge in [0.05, 0.1) is 25.1 Å². The van der Waals surface area contributed by atoms with Crippen LogP contribution in [-0.4, -0.2) is 24.9 Å². The van der Waals surface area contributed by atoms with Crippen molar-refractivity contribution in [3.05, 3.63) is 68.9 Å². The number of Topliss-reactive ketones (excluding diaryl/α,β-unsaturated/α-hetero) is 1. The summed E-state index contributed by atoms with van der Waals surface area (Å²) in [5, 5.41) is 15.1. The molecule has 144 valence electrons. The summed E-state index contributed by atoms with van der Waals surface area (Å²) in [6.45, 7) is 0. The van der Waals surface area contributed by atoms with Crippen LogP contribution in [0.4, 0.5) is 11.4 Å². The van der Waals surface area contributed by atoms with Gasteiger partial charge in [-0.05, 0) is 12.8 Å². The van der Waals surface area contributed by atoms with Gasteiger partial charge in [0.15, 0.2) is 5.78 Å². The lowest BCUT2D eigenvalue weighted by Gasteiger charge is -2.34. The first-order valence-corrected chi connectivity index (χ1v) is 9.07. The van der Waals surface area contributed by atoms with Crippen molar-refractivity contribution in [2.45, 2.75) is 25.2 Å². The number of anilines is 1. The van der Waals surface area contributed by atoms with Crippen molar-refractivity contribution in [1.82, 2.24) is 0 Å². The van der Waals surface area contributed by atoms with Crippen molar-refractivity contribution in [2.24, 2.45) is 0 Å². The number of benzene rings is 2. The topological polar surface area (TPSA) is 90.7 Å². The molecule has 7 nitrogen and oxygen atoms in total. The van der Waals surface area contributed by atoms with Crippen LogP contribution in [0.1, 0.15) is 36.3 Å². The monoisotopic (exact) mass is 380 g/mol. The number of para-hydroxylation sites is 1. The second-order valence-corrected chi connectivity index (χ2v) is 6.83. The number of nitro groups is 1. The van der Waals surface area contributed by atoms with E-state index in [-0.39, 0.29) is 11.5 Å². The van der Waals surface area contributed by atoms with Crippen LogP contribution in [-0.2, 0) is 4.79 Å². The van der Waals surface area contributed by atoms with E-state index < -0.39 is 10.8 Å². The summed E-state index contributed by atoms with van der Waals surface area (Å²) in [7, 11) is 3.11. The summed E-state index contributed by atoms with van der Waals surface area (Å²) >= 11 is 0. The largest absolute Gasteiger partial charge is 0.497 e. The van der Waals surface area contributed by atoms with E-state index in [4.69, 9.17) is 9.47 Å². The van der Waals surface area contributed by atoms with E-state index in [1.165, 1.54) is 13.2 Å². The molecular weight excluding hydrogens is 360 g/mol. The van der Waals surface area contributed by atoms with E-state index >= 15 is 0 Å². The van der Waals surface area contributed by atoms with Gasteiger partial charge in [-0.1, -0.05) is 18.2 Å². The Kier molecular flexibility index (Phi) is 4.50. The molecule has 0 aromatic heterocycles. The predicted octanol–water partition coefficient (Wildman–Crippen LogP) is 4.18. The van der Waals surface area contributed by atoms with Crippen LogP contribution in [0.25, 0.3) is 0 Å². The highest BCUT2D eigenvalue weighted by atomic mass is 16.6. The van der Waals surface area contributed by atoms with Gasteiger partial charge in [-0.25, -0.2) is 0 Å². The van der Waals surface area contributed by atoms with E-state index in [0.717, 1.165) is 24.2 Å². The van der Waals surface area contributed by atoms with Gasteiger partial charge in [-0.2, -0.15) is 0 Å². The summed E-state index contributed by atoms with van der Waals surface area (Å²) in [5.41, 5.74) is 3.35. The molecule has 28 heavy (non-hydrogen) atoms. The van der Waals surface area contributed by atoms with E-state index in [0.29, 0.717) is 34.6 Å². The summed E-state index contributed by atoms with van der Waals surface area (Å²) in [6, 6.07) is 10.2. The normalized spacial score (nSPS) is 18.1. The minimum absolute atomic E-state index is 0.0107. The maximum atomic E-state index is 12.9. The molecule has 0 saturated carbocycles. The molecular formula is C21H20N2O5. The summed E-state index contributed by atoms with van der Waals surface area (Å²) < 4.78 is 11.0. The molecule has 0 radical (unpaired) electrons. The Morgan fingerprint density at radius 2 is 1.93 bits per heavy atom. The fourth-order valence-corrected chi connectivity index (χ4v) is 4.13. The molecule has 0 fully saturated rings. The van der Waals surface area contributed by atoms with Crippen molar-refractivity contribution >= 4 is 17.2 Å². The highest BCUT2D eigenvalue weighted by molar-refractivity contribution is 6.01. The lowest BCUT2D eigenvalue weighted by molar-refractivity contribution is -0.385. The van der Waals surface area contributed by atoms with Gasteiger partial charge in [0.2, 0.25) is 0 Å². The quantitative estimate of drug-likeness (QED) is 0.632. The number of carbonyl (C=O) groups is 1. The standard InChI is InChI=1S/C21H20N2O5/c1-27-12-10-15-21(18(11-12)28-2)19(13-6-3-4-8-16(13)23(25)26)20-14(22-15)7-5-9-17(20)24/h3-4,6,8,10-11,19,22H,5,7,9H2,1-2H3/t19-/m1/s1. The van der Waals surface area contributed by atoms with Crippen LogP contribution in [0, 0.1) is 10.1 Å². The molecule has 1 aliphatic carbocycles. The molecule has 2 aliphatic rings. The van der Waals surface area contributed by atoms with Crippen LogP contribution in [0.3, 0.4) is 0 Å². The molecule has 0 unspecified atom stereocenters. The van der Waals surface area contributed by atoms with Crippen molar-refractivity contribution in [2.75, 3.05) is 19.5 Å². The van der Waals surface area contributed by atoms with Crippen molar-refractivity contribution in [3.8, 4) is 11.5 Å². The SMILES string of the molecule is COc1cc2c(c(OC)c1)[C@H](c1ccccc1[N+](=O)[O-])C1=C(CCCC1=O)N2. The number of rotatable bonds is 4. The van der Waals surface area contributed by atoms with Crippen molar-refractivity contribution < 1.29 is 19.2 Å². The number of ketones is 1. The number of methoxy groups -OCH3 is 2. The minimum Gasteiger partial charge on any atom is -0.497 e. The van der Waals surface area contributed by atoms with Crippen LogP contribution in [0.5, 0.6) is 11.5 Å². The van der Waals surface area contributed by atoms with E-state index in [2.05, 4.69) is 5.32 Å². The fourth-order valence-electron chi connectivity index (χ4n) is 4.13. The zero-order valence-corrected chi connectivity index (χ0v) is 15.7.